The van der Waals surface area contributed by atoms with Crippen LogP contribution in [0.1, 0.15) is 38.8 Å². The van der Waals surface area contributed by atoms with E-state index >= 15 is 0 Å². The summed E-state index contributed by atoms with van der Waals surface area (Å²) in [4.78, 5) is 27.2. The fourth-order valence-corrected chi connectivity index (χ4v) is 4.66. The van der Waals surface area contributed by atoms with Crippen LogP contribution in [0.2, 0.25) is 0 Å². The number of ether oxygens (including phenoxy) is 2. The molecule has 0 radical (unpaired) electrons. The van der Waals surface area contributed by atoms with Crippen molar-refractivity contribution in [2.75, 3.05) is 31.0 Å². The lowest BCUT2D eigenvalue weighted by atomic mass is 10.1. The first-order chi connectivity index (χ1) is 15.4. The molecule has 0 saturated carbocycles. The molecule has 0 bridgehead atoms. The van der Waals surface area contributed by atoms with Crippen molar-refractivity contribution in [3.63, 3.8) is 0 Å². The number of benzene rings is 2. The molecule has 3 aromatic rings. The largest absolute Gasteiger partial charge is 0.497 e. The monoisotopic (exact) mass is 452 g/mol. The first-order valence-corrected chi connectivity index (χ1v) is 10.9. The molecule has 1 unspecified atom stereocenters. The van der Waals surface area contributed by atoms with Gasteiger partial charge in [-0.1, -0.05) is 17.4 Å². The minimum absolute atomic E-state index is 0.0590. The smallest absolute Gasteiger partial charge is 0.261 e. The third kappa shape index (κ3) is 4.43. The van der Waals surface area contributed by atoms with Crippen LogP contribution in [0, 0.1) is 13.8 Å². The molecule has 32 heavy (non-hydrogen) atoms. The lowest BCUT2D eigenvalue weighted by molar-refractivity contribution is -0.117. The van der Waals surface area contributed by atoms with Gasteiger partial charge in [0.2, 0.25) is 11.0 Å². The van der Waals surface area contributed by atoms with Crippen molar-refractivity contribution in [1.29, 1.82) is 0 Å². The molecule has 8 nitrogen and oxygen atoms in total. The molecule has 2 amide bonds. The second kappa shape index (κ2) is 8.96. The van der Waals surface area contributed by atoms with Crippen LogP contribution in [0.4, 0.5) is 10.8 Å². The molecule has 0 spiro atoms. The average molecular weight is 453 g/mol. The molecule has 1 aromatic heterocycles. The zero-order valence-corrected chi connectivity index (χ0v) is 19.2. The molecule has 9 heteroatoms. The predicted molar refractivity (Wildman–Crippen MR) is 123 cm³/mol. The zero-order valence-electron chi connectivity index (χ0n) is 18.3. The Morgan fingerprint density at radius 2 is 1.84 bits per heavy atom. The van der Waals surface area contributed by atoms with Crippen LogP contribution in [0.5, 0.6) is 11.5 Å². The van der Waals surface area contributed by atoms with Gasteiger partial charge in [-0.15, -0.1) is 10.2 Å². The van der Waals surface area contributed by atoms with Crippen molar-refractivity contribution < 1.29 is 19.1 Å². The molecule has 1 N–H and O–H groups in total. The number of carbonyl (C=O) groups excluding carboxylic acids is 2. The number of rotatable bonds is 6. The average Bonchev–Trinajstić information content (AvgIpc) is 3.39. The number of anilines is 2. The normalized spacial score (nSPS) is 15.7. The highest BCUT2D eigenvalue weighted by molar-refractivity contribution is 7.15. The maximum Gasteiger partial charge on any atom is 0.261 e. The van der Waals surface area contributed by atoms with Gasteiger partial charge in [0, 0.05) is 30.6 Å². The van der Waals surface area contributed by atoms with Crippen molar-refractivity contribution in [1.82, 2.24) is 10.2 Å². The lowest BCUT2D eigenvalue weighted by Crippen LogP contribution is -2.24. The highest BCUT2D eigenvalue weighted by Crippen LogP contribution is 2.35. The lowest BCUT2D eigenvalue weighted by Gasteiger charge is -2.17. The molecule has 4 rings (SSSR count). The number of hydrogen-bond donors (Lipinski definition) is 1. The molecule has 1 fully saturated rings. The molecule has 1 atom stereocenters. The standard InChI is InChI=1S/C23H24N4O4S/c1-13-7-14(2)9-16(8-13)27-12-15(10-20(27)28)22-25-26-23(32-22)24-21(29)18-6-5-17(30-3)11-19(18)31-4/h5-9,11,15H,10,12H2,1-4H3,(H,24,26,29). The second-order valence-electron chi connectivity index (χ2n) is 7.72. The molecule has 166 valence electrons. The maximum absolute atomic E-state index is 12.7. The second-order valence-corrected chi connectivity index (χ2v) is 8.73. The number of aryl methyl sites for hydroxylation is 2. The SMILES string of the molecule is COc1ccc(C(=O)Nc2nnc(C3CC(=O)N(c4cc(C)cc(C)c4)C3)s2)c(OC)c1. The zero-order chi connectivity index (χ0) is 22.8. The van der Waals surface area contributed by atoms with E-state index < -0.39 is 0 Å². The minimum atomic E-state index is -0.355. The highest BCUT2D eigenvalue weighted by atomic mass is 32.1. The molecule has 1 saturated heterocycles. The van der Waals surface area contributed by atoms with Crippen molar-refractivity contribution in [2.24, 2.45) is 0 Å². The van der Waals surface area contributed by atoms with E-state index in [0.717, 1.165) is 21.8 Å². The summed E-state index contributed by atoms with van der Waals surface area (Å²) in [5.41, 5.74) is 3.50. The Morgan fingerprint density at radius 3 is 2.53 bits per heavy atom. The van der Waals surface area contributed by atoms with E-state index in [2.05, 4.69) is 21.6 Å². The minimum Gasteiger partial charge on any atom is -0.497 e. The van der Waals surface area contributed by atoms with Crippen LogP contribution in [-0.4, -0.2) is 42.8 Å². The van der Waals surface area contributed by atoms with Crippen LogP contribution >= 0.6 is 11.3 Å². The van der Waals surface area contributed by atoms with Crippen LogP contribution in [-0.2, 0) is 4.79 Å². The number of amides is 2. The topological polar surface area (TPSA) is 93.7 Å². The Kier molecular flexibility index (Phi) is 6.09. The number of nitrogens with one attached hydrogen (secondary N) is 1. The number of carbonyl (C=O) groups is 2. The third-order valence-electron chi connectivity index (χ3n) is 5.31. The van der Waals surface area contributed by atoms with Gasteiger partial charge in [-0.25, -0.2) is 0 Å². The summed E-state index contributed by atoms with van der Waals surface area (Å²) in [6.07, 6.45) is 0.363. The number of methoxy groups -OCH3 is 2. The van der Waals surface area contributed by atoms with E-state index in [1.807, 2.05) is 26.0 Å². The molecule has 1 aliphatic rings. The molecule has 1 aliphatic heterocycles. The highest BCUT2D eigenvalue weighted by Gasteiger charge is 2.34. The van der Waals surface area contributed by atoms with Crippen LogP contribution in [0.3, 0.4) is 0 Å². The van der Waals surface area contributed by atoms with Crippen molar-refractivity contribution in [3.8, 4) is 11.5 Å². The predicted octanol–water partition coefficient (Wildman–Crippen LogP) is 3.94. The summed E-state index contributed by atoms with van der Waals surface area (Å²) in [5, 5.41) is 12.2. The van der Waals surface area contributed by atoms with Gasteiger partial charge in [0.25, 0.3) is 5.91 Å². The van der Waals surface area contributed by atoms with Gasteiger partial charge in [0.05, 0.1) is 19.8 Å². The van der Waals surface area contributed by atoms with E-state index in [9.17, 15) is 9.59 Å². The fraction of sp³-hybridized carbons (Fsp3) is 0.304. The van der Waals surface area contributed by atoms with E-state index in [4.69, 9.17) is 9.47 Å². The van der Waals surface area contributed by atoms with Gasteiger partial charge in [0.15, 0.2) is 0 Å². The van der Waals surface area contributed by atoms with Gasteiger partial charge in [0.1, 0.15) is 16.5 Å². The summed E-state index contributed by atoms with van der Waals surface area (Å²) in [7, 11) is 3.04. The molecule has 2 aromatic carbocycles. The van der Waals surface area contributed by atoms with E-state index in [1.54, 1.807) is 30.2 Å². The Morgan fingerprint density at radius 1 is 1.09 bits per heavy atom. The first kappa shape index (κ1) is 21.8. The van der Waals surface area contributed by atoms with E-state index in [0.29, 0.717) is 35.2 Å². The maximum atomic E-state index is 12.7. The number of aromatic nitrogens is 2. The van der Waals surface area contributed by atoms with Crippen LogP contribution in [0.15, 0.2) is 36.4 Å². The quantitative estimate of drug-likeness (QED) is 0.609. The first-order valence-electron chi connectivity index (χ1n) is 10.1. The molecular weight excluding hydrogens is 428 g/mol. The number of hydrogen-bond acceptors (Lipinski definition) is 7. The summed E-state index contributed by atoms with van der Waals surface area (Å²) >= 11 is 1.28. The van der Waals surface area contributed by atoms with Gasteiger partial charge in [-0.05, 0) is 49.2 Å². The molecule has 2 heterocycles. The van der Waals surface area contributed by atoms with E-state index in [-0.39, 0.29) is 17.7 Å². The van der Waals surface area contributed by atoms with Gasteiger partial charge >= 0.3 is 0 Å². The van der Waals surface area contributed by atoms with E-state index in [1.165, 1.54) is 18.4 Å². The third-order valence-corrected chi connectivity index (χ3v) is 6.31. The van der Waals surface area contributed by atoms with Crippen LogP contribution in [0.25, 0.3) is 0 Å². The van der Waals surface area contributed by atoms with Gasteiger partial charge < -0.3 is 14.4 Å². The molecular formula is C23H24N4O4S. The Labute approximate surface area is 190 Å². The van der Waals surface area contributed by atoms with Crippen LogP contribution < -0.4 is 19.7 Å². The Hall–Kier alpha value is -3.46. The van der Waals surface area contributed by atoms with Crippen molar-refractivity contribution >= 4 is 34.0 Å². The summed E-state index contributed by atoms with van der Waals surface area (Å²) in [6, 6.07) is 11.1. The van der Waals surface area contributed by atoms with Gasteiger partial charge in [-0.2, -0.15) is 0 Å². The van der Waals surface area contributed by atoms with Gasteiger partial charge in [-0.3, -0.25) is 14.9 Å². The summed E-state index contributed by atoms with van der Waals surface area (Å²) < 4.78 is 10.5. The summed E-state index contributed by atoms with van der Waals surface area (Å²) in [6.45, 7) is 4.58. The molecule has 0 aliphatic carbocycles. The fourth-order valence-electron chi connectivity index (χ4n) is 3.83. The number of nitrogens with zero attached hydrogens (tertiary/aromatic N) is 3. The Bertz CT molecular complexity index is 1160. The Balaban J connectivity index is 1.47. The summed E-state index contributed by atoms with van der Waals surface area (Å²) in [5.74, 6) is 0.630. The van der Waals surface area contributed by atoms with Crippen molar-refractivity contribution in [2.45, 2.75) is 26.2 Å². The van der Waals surface area contributed by atoms with Crippen molar-refractivity contribution in [3.05, 3.63) is 58.1 Å².